The van der Waals surface area contributed by atoms with Gasteiger partial charge >= 0.3 is 0 Å². The molecular formula is C23H17FN2OS. The summed E-state index contributed by atoms with van der Waals surface area (Å²) in [5.41, 5.74) is 4.48. The number of carbonyl (C=O) groups excluding carboxylic acids is 1. The summed E-state index contributed by atoms with van der Waals surface area (Å²) < 4.78 is 13.0. The van der Waals surface area contributed by atoms with Gasteiger partial charge in [0, 0.05) is 16.5 Å². The van der Waals surface area contributed by atoms with Crippen LogP contribution in [0.25, 0.3) is 11.3 Å². The van der Waals surface area contributed by atoms with Crippen molar-refractivity contribution in [3.8, 4) is 11.3 Å². The van der Waals surface area contributed by atoms with Crippen molar-refractivity contribution in [2.75, 3.05) is 5.32 Å². The van der Waals surface area contributed by atoms with E-state index in [1.54, 1.807) is 12.1 Å². The maximum atomic E-state index is 13.0. The second-order valence-corrected chi connectivity index (χ2v) is 7.22. The molecule has 0 unspecified atom stereocenters. The Morgan fingerprint density at radius 3 is 2.29 bits per heavy atom. The van der Waals surface area contributed by atoms with Crippen molar-refractivity contribution >= 4 is 22.4 Å². The van der Waals surface area contributed by atoms with Gasteiger partial charge in [-0.05, 0) is 53.9 Å². The molecule has 1 aromatic heterocycles. The number of carbonyl (C=O) groups is 1. The zero-order valence-corrected chi connectivity index (χ0v) is 15.7. The van der Waals surface area contributed by atoms with E-state index in [1.165, 1.54) is 29.0 Å². The van der Waals surface area contributed by atoms with Gasteiger partial charge in [0.05, 0.1) is 5.69 Å². The minimum absolute atomic E-state index is 0.203. The van der Waals surface area contributed by atoms with Gasteiger partial charge in [-0.1, -0.05) is 42.5 Å². The minimum atomic E-state index is -0.289. The number of thiazole rings is 1. The zero-order valence-electron chi connectivity index (χ0n) is 14.9. The van der Waals surface area contributed by atoms with Gasteiger partial charge in [0.2, 0.25) is 0 Å². The van der Waals surface area contributed by atoms with Gasteiger partial charge in [-0.3, -0.25) is 10.1 Å². The topological polar surface area (TPSA) is 42.0 Å². The summed E-state index contributed by atoms with van der Waals surface area (Å²) in [6, 6.07) is 23.9. The molecule has 0 aliphatic carbocycles. The quantitative estimate of drug-likeness (QED) is 0.470. The van der Waals surface area contributed by atoms with Crippen LogP contribution in [0.2, 0.25) is 0 Å². The van der Waals surface area contributed by atoms with E-state index in [2.05, 4.69) is 22.4 Å². The lowest BCUT2D eigenvalue weighted by molar-refractivity contribution is 0.102. The van der Waals surface area contributed by atoms with Gasteiger partial charge in [0.1, 0.15) is 5.82 Å². The Labute approximate surface area is 166 Å². The molecule has 3 nitrogen and oxygen atoms in total. The molecule has 4 rings (SSSR count). The van der Waals surface area contributed by atoms with E-state index in [1.807, 2.05) is 47.8 Å². The number of halogens is 1. The zero-order chi connectivity index (χ0) is 19.3. The van der Waals surface area contributed by atoms with Crippen LogP contribution >= 0.6 is 11.3 Å². The summed E-state index contributed by atoms with van der Waals surface area (Å²) in [4.78, 5) is 16.9. The van der Waals surface area contributed by atoms with E-state index < -0.39 is 0 Å². The highest BCUT2D eigenvalue weighted by atomic mass is 32.1. The molecule has 4 aromatic rings. The summed E-state index contributed by atoms with van der Waals surface area (Å²) in [5.74, 6) is -0.491. The monoisotopic (exact) mass is 388 g/mol. The first-order valence-electron chi connectivity index (χ1n) is 8.83. The van der Waals surface area contributed by atoms with Crippen molar-refractivity contribution in [1.29, 1.82) is 0 Å². The smallest absolute Gasteiger partial charge is 0.257 e. The number of hydrogen-bond donors (Lipinski definition) is 1. The van der Waals surface area contributed by atoms with Crippen molar-refractivity contribution in [3.05, 3.63) is 107 Å². The van der Waals surface area contributed by atoms with Crippen LogP contribution in [0.5, 0.6) is 0 Å². The molecule has 0 atom stereocenters. The Morgan fingerprint density at radius 2 is 1.57 bits per heavy atom. The average Bonchev–Trinajstić information content (AvgIpc) is 3.18. The van der Waals surface area contributed by atoms with Crippen LogP contribution < -0.4 is 5.32 Å². The maximum absolute atomic E-state index is 13.0. The fourth-order valence-electron chi connectivity index (χ4n) is 2.86. The predicted molar refractivity (Wildman–Crippen MR) is 111 cm³/mol. The van der Waals surface area contributed by atoms with Crippen LogP contribution in [0.4, 0.5) is 9.52 Å². The lowest BCUT2D eigenvalue weighted by atomic mass is 10.0. The van der Waals surface area contributed by atoms with Crippen molar-refractivity contribution in [2.24, 2.45) is 0 Å². The number of nitrogens with zero attached hydrogens (tertiary/aromatic N) is 1. The fourth-order valence-corrected chi connectivity index (χ4v) is 3.57. The average molecular weight is 388 g/mol. The van der Waals surface area contributed by atoms with Gasteiger partial charge in [-0.25, -0.2) is 9.37 Å². The first-order valence-corrected chi connectivity index (χ1v) is 9.71. The molecule has 0 radical (unpaired) electrons. The molecule has 1 heterocycles. The lowest BCUT2D eigenvalue weighted by Crippen LogP contribution is -2.11. The molecule has 1 amide bonds. The van der Waals surface area contributed by atoms with Gasteiger partial charge in [0.25, 0.3) is 5.91 Å². The Balaban J connectivity index is 1.42. The van der Waals surface area contributed by atoms with Gasteiger partial charge in [-0.15, -0.1) is 11.3 Å². The van der Waals surface area contributed by atoms with E-state index in [0.29, 0.717) is 16.4 Å². The van der Waals surface area contributed by atoms with Crippen LogP contribution in [0, 0.1) is 5.82 Å². The largest absolute Gasteiger partial charge is 0.298 e. The van der Waals surface area contributed by atoms with Crippen LogP contribution in [-0.4, -0.2) is 10.9 Å². The van der Waals surface area contributed by atoms with Crippen molar-refractivity contribution < 1.29 is 9.18 Å². The summed E-state index contributed by atoms with van der Waals surface area (Å²) in [7, 11) is 0. The standard InChI is InChI=1S/C23H17FN2OS/c24-20-12-10-18(11-13-20)21-15-28-23(25-21)26-22(27)19-8-6-17(7-9-19)14-16-4-2-1-3-5-16/h1-13,15H,14H2,(H,25,26,27). The van der Waals surface area contributed by atoms with Crippen LogP contribution in [0.15, 0.2) is 84.2 Å². The van der Waals surface area contributed by atoms with Crippen molar-refractivity contribution in [1.82, 2.24) is 4.98 Å². The van der Waals surface area contributed by atoms with Crippen molar-refractivity contribution in [3.63, 3.8) is 0 Å². The number of amides is 1. The number of benzene rings is 3. The molecule has 0 aliphatic rings. The summed E-state index contributed by atoms with van der Waals surface area (Å²) in [6.45, 7) is 0. The number of aromatic nitrogens is 1. The second kappa shape index (κ2) is 8.15. The molecule has 3 aromatic carbocycles. The molecule has 0 bridgehead atoms. The number of nitrogens with one attached hydrogen (secondary N) is 1. The van der Waals surface area contributed by atoms with Crippen LogP contribution in [-0.2, 0) is 6.42 Å². The summed E-state index contributed by atoms with van der Waals surface area (Å²) in [5, 5.41) is 5.17. The number of hydrogen-bond acceptors (Lipinski definition) is 3. The predicted octanol–water partition coefficient (Wildman–Crippen LogP) is 5.79. The molecule has 1 N–H and O–H groups in total. The van der Waals surface area contributed by atoms with Crippen LogP contribution in [0.1, 0.15) is 21.5 Å². The number of anilines is 1. The van der Waals surface area contributed by atoms with Crippen LogP contribution in [0.3, 0.4) is 0 Å². The Morgan fingerprint density at radius 1 is 0.893 bits per heavy atom. The van der Waals surface area contributed by atoms with Gasteiger partial charge < -0.3 is 0 Å². The molecular weight excluding hydrogens is 371 g/mol. The SMILES string of the molecule is O=C(Nc1nc(-c2ccc(F)cc2)cs1)c1ccc(Cc2ccccc2)cc1. The lowest BCUT2D eigenvalue weighted by Gasteiger charge is -2.05. The molecule has 138 valence electrons. The van der Waals surface area contributed by atoms with E-state index in [0.717, 1.165) is 17.5 Å². The number of rotatable bonds is 5. The Hall–Kier alpha value is -3.31. The Kier molecular flexibility index (Phi) is 5.26. The molecule has 0 saturated carbocycles. The van der Waals surface area contributed by atoms with E-state index >= 15 is 0 Å². The summed E-state index contributed by atoms with van der Waals surface area (Å²) >= 11 is 1.34. The van der Waals surface area contributed by atoms with E-state index in [9.17, 15) is 9.18 Å². The molecule has 0 fully saturated rings. The molecule has 5 heteroatoms. The van der Waals surface area contributed by atoms with E-state index in [4.69, 9.17) is 0 Å². The van der Waals surface area contributed by atoms with Gasteiger partial charge in [-0.2, -0.15) is 0 Å². The third-order valence-corrected chi connectivity index (χ3v) is 5.09. The molecule has 28 heavy (non-hydrogen) atoms. The highest BCUT2D eigenvalue weighted by molar-refractivity contribution is 7.14. The molecule has 0 saturated heterocycles. The molecule has 0 aliphatic heterocycles. The van der Waals surface area contributed by atoms with E-state index in [-0.39, 0.29) is 11.7 Å². The normalized spacial score (nSPS) is 10.6. The highest BCUT2D eigenvalue weighted by Gasteiger charge is 2.10. The maximum Gasteiger partial charge on any atom is 0.257 e. The second-order valence-electron chi connectivity index (χ2n) is 6.36. The highest BCUT2D eigenvalue weighted by Crippen LogP contribution is 2.25. The minimum Gasteiger partial charge on any atom is -0.298 e. The Bertz CT molecular complexity index is 1070. The first kappa shape index (κ1) is 18.1. The summed E-state index contributed by atoms with van der Waals surface area (Å²) in [6.07, 6.45) is 0.830. The fraction of sp³-hybridized carbons (Fsp3) is 0.0435. The third kappa shape index (κ3) is 4.32. The molecule has 0 spiro atoms. The first-order chi connectivity index (χ1) is 13.7. The third-order valence-electron chi connectivity index (χ3n) is 4.33. The van der Waals surface area contributed by atoms with Crippen molar-refractivity contribution in [2.45, 2.75) is 6.42 Å². The van der Waals surface area contributed by atoms with Gasteiger partial charge in [0.15, 0.2) is 5.13 Å².